The van der Waals surface area contributed by atoms with Crippen LogP contribution in [0.4, 0.5) is 4.39 Å². The lowest BCUT2D eigenvalue weighted by atomic mass is 9.44. The molecule has 0 aromatic carbocycles. The monoisotopic (exact) mass is 686 g/mol. The highest BCUT2D eigenvalue weighted by molar-refractivity contribution is 6.01. The molecule has 3 saturated carbocycles. The number of halogens is 1. The number of rotatable bonds is 17. The molecule has 0 heterocycles. The molecule has 0 radical (unpaired) electrons. The van der Waals surface area contributed by atoms with E-state index in [1.165, 1.54) is 12.2 Å². The van der Waals surface area contributed by atoms with Crippen LogP contribution in [0.1, 0.15) is 144 Å². The van der Waals surface area contributed by atoms with Gasteiger partial charge in [-0.1, -0.05) is 84.8 Å². The number of hydrogen-bond donors (Lipinski definition) is 0. The van der Waals surface area contributed by atoms with E-state index in [1.807, 2.05) is 34.6 Å². The van der Waals surface area contributed by atoms with Gasteiger partial charge in [-0.15, -0.1) is 0 Å². The summed E-state index contributed by atoms with van der Waals surface area (Å²) >= 11 is 0. The first-order valence-electron chi connectivity index (χ1n) is 19.0. The molecule has 274 valence electrons. The fourth-order valence-electron chi connectivity index (χ4n) is 9.82. The average Bonchev–Trinajstić information content (AvgIpc) is 3.27. The van der Waals surface area contributed by atoms with Gasteiger partial charge in [0.1, 0.15) is 6.10 Å². The summed E-state index contributed by atoms with van der Waals surface area (Å²) in [6.45, 7) is 11.1. The van der Waals surface area contributed by atoms with E-state index in [2.05, 4.69) is 0 Å². The third-order valence-corrected chi connectivity index (χ3v) is 12.4. The van der Waals surface area contributed by atoms with Crippen LogP contribution >= 0.6 is 0 Å². The van der Waals surface area contributed by atoms with Gasteiger partial charge in [-0.2, -0.15) is 0 Å². The van der Waals surface area contributed by atoms with Gasteiger partial charge in [0, 0.05) is 41.9 Å². The normalized spacial score (nSPS) is 34.7. The summed E-state index contributed by atoms with van der Waals surface area (Å²) in [5, 5.41) is 0. The van der Waals surface area contributed by atoms with Gasteiger partial charge >= 0.3 is 17.9 Å². The number of esters is 3. The minimum atomic E-state index is -2.07. The van der Waals surface area contributed by atoms with Crippen LogP contribution in [0, 0.1) is 28.6 Å². The van der Waals surface area contributed by atoms with Gasteiger partial charge in [0.05, 0.1) is 0 Å². The topological polar surface area (TPSA) is 113 Å². The lowest BCUT2D eigenvalue weighted by molar-refractivity contribution is -0.236. The molecule has 4 rings (SSSR count). The maximum absolute atomic E-state index is 18.6. The Morgan fingerprint density at radius 1 is 0.857 bits per heavy atom. The van der Waals surface area contributed by atoms with Crippen LogP contribution in [0.5, 0.6) is 0 Å². The van der Waals surface area contributed by atoms with Crippen LogP contribution in [0.3, 0.4) is 0 Å². The predicted molar refractivity (Wildman–Crippen MR) is 184 cm³/mol. The molecular weight excluding hydrogens is 627 g/mol. The van der Waals surface area contributed by atoms with Gasteiger partial charge in [0.2, 0.25) is 5.78 Å². The van der Waals surface area contributed by atoms with Crippen molar-refractivity contribution in [1.29, 1.82) is 0 Å². The van der Waals surface area contributed by atoms with Crippen molar-refractivity contribution in [2.24, 2.45) is 28.6 Å². The minimum Gasteiger partial charge on any atom is -0.459 e. The fraction of sp³-hybridized carbons (Fsp3) is 0.775. The van der Waals surface area contributed by atoms with Gasteiger partial charge in [0.15, 0.2) is 23.7 Å². The number of carbonyl (C=O) groups is 5. The van der Waals surface area contributed by atoms with Gasteiger partial charge in [-0.25, -0.2) is 4.39 Å². The van der Waals surface area contributed by atoms with Gasteiger partial charge in [-0.05, 0) is 69.9 Å². The summed E-state index contributed by atoms with van der Waals surface area (Å²) < 4.78 is 36.7. The molecule has 9 heteroatoms. The van der Waals surface area contributed by atoms with Crippen molar-refractivity contribution >= 4 is 29.5 Å². The number of allylic oxidation sites excluding steroid dienone is 4. The maximum atomic E-state index is 18.6. The number of Topliss-reactive ketones (excluding diaryl/α,β-unsaturated/α-hetero) is 1. The van der Waals surface area contributed by atoms with E-state index in [1.54, 1.807) is 13.0 Å². The van der Waals surface area contributed by atoms with E-state index in [-0.39, 0.29) is 31.5 Å². The zero-order valence-electron chi connectivity index (χ0n) is 30.7. The highest BCUT2D eigenvalue weighted by Crippen LogP contribution is 2.72. The molecule has 3 fully saturated rings. The summed E-state index contributed by atoms with van der Waals surface area (Å²) in [6.07, 6.45) is 12.1. The molecule has 0 saturated heterocycles. The maximum Gasteiger partial charge on any atom is 0.306 e. The van der Waals surface area contributed by atoms with Crippen molar-refractivity contribution in [3.05, 3.63) is 23.8 Å². The first-order chi connectivity index (χ1) is 23.2. The SMILES string of the molecule is CCCCCC(=O)OCC(=O)[C@@]1(OC(=O)CCCCC)[C@H](C)C[C@@H]2[C@@H]3CCC4=CC(=O)C=C[C@]4(C)[C@@]3(F)[C@@H](OC(=O)CCCCC)C[C@@]21C. The van der Waals surface area contributed by atoms with Gasteiger partial charge in [-0.3, -0.25) is 24.0 Å². The van der Waals surface area contributed by atoms with Crippen molar-refractivity contribution in [3.8, 4) is 0 Å². The summed E-state index contributed by atoms with van der Waals surface area (Å²) in [5.74, 6) is -3.80. The van der Waals surface area contributed by atoms with Gasteiger partial charge in [0.25, 0.3) is 0 Å². The zero-order valence-corrected chi connectivity index (χ0v) is 30.7. The fourth-order valence-corrected chi connectivity index (χ4v) is 9.82. The lowest BCUT2D eigenvalue weighted by Crippen LogP contribution is -2.70. The lowest BCUT2D eigenvalue weighted by Gasteiger charge is -2.63. The summed E-state index contributed by atoms with van der Waals surface area (Å²) in [6, 6.07) is 0. The highest BCUT2D eigenvalue weighted by atomic mass is 19.1. The number of fused-ring (bicyclic) bond motifs is 5. The first-order valence-corrected chi connectivity index (χ1v) is 19.0. The molecular formula is C40H59FO8. The van der Waals surface area contributed by atoms with Crippen LogP contribution in [-0.2, 0) is 38.2 Å². The Balaban J connectivity index is 1.79. The number of unbranched alkanes of at least 4 members (excludes halogenated alkanes) is 6. The van der Waals surface area contributed by atoms with E-state index in [4.69, 9.17) is 14.2 Å². The van der Waals surface area contributed by atoms with E-state index in [0.29, 0.717) is 44.1 Å². The van der Waals surface area contributed by atoms with Gasteiger partial charge < -0.3 is 14.2 Å². The standard InChI is InChI=1S/C40H59FO8/c1-7-10-13-16-34(44)47-26-32(43)40(49-36(46)18-15-12-9-3)27(4)23-31-30-20-19-28-24-29(42)21-22-37(28,5)39(30,41)33(25-38(31,40)6)48-35(45)17-14-11-8-2/h21-22,24,27,30-31,33H,7-20,23,25-26H2,1-6H3/t27-,30+,31-,33+,37+,38+,39+,40+/m1/s1. The van der Waals surface area contributed by atoms with Crippen molar-refractivity contribution in [1.82, 2.24) is 0 Å². The number of hydrogen-bond acceptors (Lipinski definition) is 8. The van der Waals surface area contributed by atoms with Crippen LogP contribution < -0.4 is 0 Å². The van der Waals surface area contributed by atoms with Crippen LogP contribution in [-0.4, -0.2) is 53.5 Å². The molecule has 0 unspecified atom stereocenters. The molecule has 0 aromatic heterocycles. The van der Waals surface area contributed by atoms with Crippen molar-refractivity contribution < 1.29 is 42.6 Å². The van der Waals surface area contributed by atoms with E-state index in [0.717, 1.165) is 38.5 Å². The molecule has 0 aliphatic heterocycles. The first kappa shape index (κ1) is 39.0. The van der Waals surface area contributed by atoms with Crippen molar-refractivity contribution in [2.75, 3.05) is 6.61 Å². The molecule has 4 aliphatic rings. The Hall–Kier alpha value is -2.84. The number of ether oxygens (including phenoxy) is 3. The van der Waals surface area contributed by atoms with Crippen molar-refractivity contribution in [2.45, 2.75) is 162 Å². The molecule has 49 heavy (non-hydrogen) atoms. The number of alkyl halides is 1. The summed E-state index contributed by atoms with van der Waals surface area (Å²) in [5.41, 5.74) is -5.44. The quantitative estimate of drug-likeness (QED) is 0.0854. The second-order valence-corrected chi connectivity index (χ2v) is 15.5. The molecule has 0 aromatic rings. The van der Waals surface area contributed by atoms with Crippen molar-refractivity contribution in [3.63, 3.8) is 0 Å². The van der Waals surface area contributed by atoms with E-state index < -0.39 is 76.3 Å². The second kappa shape index (κ2) is 16.0. The molecule has 8 atom stereocenters. The Morgan fingerprint density at radius 3 is 2.06 bits per heavy atom. The molecule has 0 bridgehead atoms. The average molecular weight is 687 g/mol. The minimum absolute atomic E-state index is 0.0579. The smallest absolute Gasteiger partial charge is 0.306 e. The highest BCUT2D eigenvalue weighted by Gasteiger charge is 2.78. The third-order valence-electron chi connectivity index (χ3n) is 12.4. The second-order valence-electron chi connectivity index (χ2n) is 15.5. The third kappa shape index (κ3) is 7.19. The molecule has 0 N–H and O–H groups in total. The number of ketones is 2. The Morgan fingerprint density at radius 2 is 1.45 bits per heavy atom. The predicted octanol–water partition coefficient (Wildman–Crippen LogP) is 8.29. The summed E-state index contributed by atoms with van der Waals surface area (Å²) in [7, 11) is 0. The number of carbonyl (C=O) groups excluding carboxylic acids is 5. The van der Waals surface area contributed by atoms with Crippen LogP contribution in [0.25, 0.3) is 0 Å². The zero-order chi connectivity index (χ0) is 36.0. The Bertz CT molecular complexity index is 1320. The van der Waals surface area contributed by atoms with E-state index >= 15 is 4.39 Å². The molecule has 0 spiro atoms. The Labute approximate surface area is 292 Å². The van der Waals surface area contributed by atoms with Crippen LogP contribution in [0.2, 0.25) is 0 Å². The molecule has 4 aliphatic carbocycles. The largest absolute Gasteiger partial charge is 0.459 e. The Kier molecular flexibility index (Phi) is 12.7. The molecule has 8 nitrogen and oxygen atoms in total. The molecule has 0 amide bonds. The summed E-state index contributed by atoms with van der Waals surface area (Å²) in [4.78, 5) is 66.7. The van der Waals surface area contributed by atoms with Crippen LogP contribution in [0.15, 0.2) is 23.8 Å². The van der Waals surface area contributed by atoms with E-state index in [9.17, 15) is 24.0 Å².